The van der Waals surface area contributed by atoms with E-state index in [4.69, 9.17) is 0 Å². The van der Waals surface area contributed by atoms with Gasteiger partial charge in [0.2, 0.25) is 0 Å². The molecule has 0 N–H and O–H groups in total. The third kappa shape index (κ3) is 1.75. The number of nitrogens with zero attached hydrogens (tertiary/aromatic N) is 4. The van der Waals surface area contributed by atoms with Crippen molar-refractivity contribution in [2.45, 2.75) is 0 Å². The molecule has 5 nitrogen and oxygen atoms in total. The van der Waals surface area contributed by atoms with Crippen molar-refractivity contribution < 1.29 is 0 Å². The Labute approximate surface area is 103 Å². The van der Waals surface area contributed by atoms with Gasteiger partial charge in [-0.3, -0.25) is 9.78 Å². The molecule has 1 aromatic rings. The first kappa shape index (κ1) is 10.6. The van der Waals surface area contributed by atoms with Crippen molar-refractivity contribution in [3.63, 3.8) is 0 Å². The second-order valence-corrected chi connectivity index (χ2v) is 4.00. The topological polar surface area (TPSA) is 60.7 Å². The Morgan fingerprint density at radius 3 is 2.89 bits per heavy atom. The third-order valence-corrected chi connectivity index (χ3v) is 2.66. The van der Waals surface area contributed by atoms with Crippen LogP contribution >= 0.6 is 0 Å². The molecular weight excluding hydrogens is 228 g/mol. The first-order valence-electron chi connectivity index (χ1n) is 5.48. The number of fused-ring (bicyclic) bond motifs is 1. The van der Waals surface area contributed by atoms with E-state index in [-0.39, 0.29) is 5.56 Å². The van der Waals surface area contributed by atoms with Gasteiger partial charge < -0.3 is 4.57 Å². The van der Waals surface area contributed by atoms with Crippen molar-refractivity contribution in [2.24, 2.45) is 7.05 Å². The van der Waals surface area contributed by atoms with E-state index in [1.165, 1.54) is 0 Å². The Morgan fingerprint density at radius 2 is 2.11 bits per heavy atom. The molecule has 0 aromatic carbocycles. The van der Waals surface area contributed by atoms with Crippen molar-refractivity contribution in [3.8, 4) is 22.6 Å². The van der Waals surface area contributed by atoms with Crippen LogP contribution < -0.4 is 5.56 Å². The van der Waals surface area contributed by atoms with Crippen LogP contribution in [-0.4, -0.2) is 19.5 Å². The highest BCUT2D eigenvalue weighted by Crippen LogP contribution is 2.18. The van der Waals surface area contributed by atoms with E-state index in [0.29, 0.717) is 17.1 Å². The largest absolute Gasteiger partial charge is 0.356 e. The van der Waals surface area contributed by atoms with E-state index in [1.54, 1.807) is 35.3 Å². The Morgan fingerprint density at radius 1 is 1.22 bits per heavy atom. The average Bonchev–Trinajstić information content (AvgIpc) is 2.40. The van der Waals surface area contributed by atoms with Gasteiger partial charge in [0.05, 0.1) is 11.3 Å². The van der Waals surface area contributed by atoms with Crippen LogP contribution in [0.15, 0.2) is 47.8 Å². The zero-order chi connectivity index (χ0) is 12.5. The summed E-state index contributed by atoms with van der Waals surface area (Å²) in [5.74, 6) is 0.412. The summed E-state index contributed by atoms with van der Waals surface area (Å²) in [5, 5.41) is 0. The predicted molar refractivity (Wildman–Crippen MR) is 67.1 cm³/mol. The van der Waals surface area contributed by atoms with E-state index < -0.39 is 0 Å². The van der Waals surface area contributed by atoms with Crippen LogP contribution in [0.25, 0.3) is 22.6 Å². The molecule has 0 saturated carbocycles. The first-order chi connectivity index (χ1) is 8.74. The van der Waals surface area contributed by atoms with Gasteiger partial charge in [0, 0.05) is 37.4 Å². The molecule has 0 amide bonds. The fourth-order valence-corrected chi connectivity index (χ4v) is 1.77. The van der Waals surface area contributed by atoms with E-state index in [9.17, 15) is 4.79 Å². The summed E-state index contributed by atoms with van der Waals surface area (Å²) >= 11 is 0. The molecular formula is C13H10N4O. The van der Waals surface area contributed by atoms with Gasteiger partial charge in [0.1, 0.15) is 0 Å². The SMILES string of the molecule is Cn1ccc2nc(-c3cccnc3)nc(=O)c-2c1. The molecule has 0 bridgehead atoms. The van der Waals surface area contributed by atoms with E-state index >= 15 is 0 Å². The van der Waals surface area contributed by atoms with Crippen molar-refractivity contribution in [2.75, 3.05) is 0 Å². The lowest BCUT2D eigenvalue weighted by atomic mass is 10.2. The molecule has 0 spiro atoms. The van der Waals surface area contributed by atoms with Crippen molar-refractivity contribution in [3.05, 3.63) is 53.3 Å². The zero-order valence-corrected chi connectivity index (χ0v) is 9.74. The Bertz CT molecular complexity index is 721. The van der Waals surface area contributed by atoms with Gasteiger partial charge >= 0.3 is 0 Å². The number of pyridine rings is 2. The Hall–Kier alpha value is -2.56. The second-order valence-electron chi connectivity index (χ2n) is 4.00. The summed E-state index contributed by atoms with van der Waals surface area (Å²) in [7, 11) is 1.86. The van der Waals surface area contributed by atoms with Crippen LogP contribution in [-0.2, 0) is 7.05 Å². The van der Waals surface area contributed by atoms with Crippen LogP contribution in [0.1, 0.15) is 0 Å². The van der Waals surface area contributed by atoms with Crippen molar-refractivity contribution in [1.29, 1.82) is 0 Å². The lowest BCUT2D eigenvalue weighted by Gasteiger charge is -2.07. The maximum Gasteiger partial charge on any atom is 0.282 e. The molecule has 5 heteroatoms. The Balaban J connectivity index is 2.26. The van der Waals surface area contributed by atoms with Gasteiger partial charge in [0.25, 0.3) is 5.56 Å². The first-order valence-corrected chi connectivity index (χ1v) is 5.48. The molecule has 1 aromatic heterocycles. The molecule has 0 saturated heterocycles. The lowest BCUT2D eigenvalue weighted by Crippen LogP contribution is -2.14. The average molecular weight is 238 g/mol. The maximum atomic E-state index is 11.9. The van der Waals surface area contributed by atoms with Crippen LogP contribution in [0, 0.1) is 0 Å². The molecule has 0 atom stereocenters. The standard InChI is InChI=1S/C13H10N4O/c1-17-6-4-11-10(8-17)13(18)16-12(15-11)9-3-2-5-14-7-9/h2-8H,1H3. The smallest absolute Gasteiger partial charge is 0.282 e. The lowest BCUT2D eigenvalue weighted by molar-refractivity contribution is 0.896. The quantitative estimate of drug-likeness (QED) is 0.642. The zero-order valence-electron chi connectivity index (χ0n) is 9.74. The monoisotopic (exact) mass is 238 g/mol. The molecule has 18 heavy (non-hydrogen) atoms. The van der Waals surface area contributed by atoms with Crippen molar-refractivity contribution >= 4 is 0 Å². The molecule has 0 aliphatic carbocycles. The number of aryl methyl sites for hydroxylation is 1. The fourth-order valence-electron chi connectivity index (χ4n) is 1.77. The summed E-state index contributed by atoms with van der Waals surface area (Å²) in [4.78, 5) is 24.3. The molecule has 3 rings (SSSR count). The van der Waals surface area contributed by atoms with Gasteiger partial charge in [-0.25, -0.2) is 4.98 Å². The molecule has 2 aliphatic rings. The molecule has 2 aliphatic heterocycles. The van der Waals surface area contributed by atoms with E-state index in [2.05, 4.69) is 15.0 Å². The summed E-state index contributed by atoms with van der Waals surface area (Å²) in [6.07, 6.45) is 6.89. The van der Waals surface area contributed by atoms with Crippen LogP contribution in [0.4, 0.5) is 0 Å². The normalized spacial score (nSPS) is 10.7. The molecule has 3 heterocycles. The minimum absolute atomic E-state index is 0.268. The van der Waals surface area contributed by atoms with Crippen molar-refractivity contribution in [1.82, 2.24) is 19.5 Å². The fraction of sp³-hybridized carbons (Fsp3) is 0.0769. The molecule has 0 radical (unpaired) electrons. The van der Waals surface area contributed by atoms with Gasteiger partial charge in [-0.15, -0.1) is 0 Å². The highest BCUT2D eigenvalue weighted by Gasteiger charge is 2.12. The number of hydrogen-bond acceptors (Lipinski definition) is 4. The summed E-state index contributed by atoms with van der Waals surface area (Å²) in [6, 6.07) is 5.42. The van der Waals surface area contributed by atoms with E-state index in [1.807, 2.05) is 19.3 Å². The minimum Gasteiger partial charge on any atom is -0.356 e. The van der Waals surface area contributed by atoms with Gasteiger partial charge in [0.15, 0.2) is 5.82 Å². The maximum absolute atomic E-state index is 11.9. The van der Waals surface area contributed by atoms with Gasteiger partial charge in [-0.2, -0.15) is 4.98 Å². The van der Waals surface area contributed by atoms with Crippen LogP contribution in [0.3, 0.4) is 0 Å². The summed E-state index contributed by atoms with van der Waals surface area (Å²) in [5.41, 5.74) is 1.64. The highest BCUT2D eigenvalue weighted by atomic mass is 16.1. The summed E-state index contributed by atoms with van der Waals surface area (Å²) in [6.45, 7) is 0. The Kier molecular flexibility index (Phi) is 2.37. The van der Waals surface area contributed by atoms with Crippen LogP contribution in [0.2, 0.25) is 0 Å². The highest BCUT2D eigenvalue weighted by molar-refractivity contribution is 5.63. The summed E-state index contributed by atoms with van der Waals surface area (Å²) < 4.78 is 1.80. The number of rotatable bonds is 1. The van der Waals surface area contributed by atoms with Crippen LogP contribution in [0.5, 0.6) is 0 Å². The third-order valence-electron chi connectivity index (χ3n) is 2.66. The van der Waals surface area contributed by atoms with Gasteiger partial charge in [-0.1, -0.05) is 0 Å². The molecule has 0 fully saturated rings. The number of aromatic nitrogens is 4. The van der Waals surface area contributed by atoms with Gasteiger partial charge in [-0.05, 0) is 18.2 Å². The second kappa shape index (κ2) is 4.03. The number of hydrogen-bond donors (Lipinski definition) is 0. The predicted octanol–water partition coefficient (Wildman–Crippen LogP) is 1.34. The van der Waals surface area contributed by atoms with E-state index in [0.717, 1.165) is 5.56 Å². The molecule has 0 unspecified atom stereocenters. The molecule has 88 valence electrons. The minimum atomic E-state index is -0.268.